The Morgan fingerprint density at radius 3 is 2.46 bits per heavy atom. The largest absolute Gasteiger partial charge is 0.465 e. The van der Waals surface area contributed by atoms with E-state index in [2.05, 4.69) is 39.2 Å². The number of amides is 2. The molecular formula is C28H28ClN5O3. The summed E-state index contributed by atoms with van der Waals surface area (Å²) in [6.07, 6.45) is 2.91. The second-order valence-corrected chi connectivity index (χ2v) is 9.66. The number of rotatable bonds is 6. The summed E-state index contributed by atoms with van der Waals surface area (Å²) in [7, 11) is 0. The van der Waals surface area contributed by atoms with Crippen molar-refractivity contribution in [3.63, 3.8) is 0 Å². The van der Waals surface area contributed by atoms with Crippen molar-refractivity contribution in [2.24, 2.45) is 0 Å². The van der Waals surface area contributed by atoms with E-state index in [9.17, 15) is 14.7 Å². The van der Waals surface area contributed by atoms with Crippen LogP contribution in [0.3, 0.4) is 0 Å². The average molecular weight is 518 g/mol. The van der Waals surface area contributed by atoms with Crippen LogP contribution in [0.1, 0.15) is 11.1 Å². The number of anilines is 1. The molecule has 0 radical (unpaired) electrons. The van der Waals surface area contributed by atoms with Gasteiger partial charge in [-0.05, 0) is 35.7 Å². The molecule has 1 fully saturated rings. The Balaban J connectivity index is 1.38. The summed E-state index contributed by atoms with van der Waals surface area (Å²) in [6.45, 7) is 4.28. The number of halogens is 1. The van der Waals surface area contributed by atoms with E-state index in [0.717, 1.165) is 39.0 Å². The molecule has 1 aliphatic rings. The molecule has 2 amide bonds. The number of benzene rings is 2. The lowest BCUT2D eigenvalue weighted by Crippen LogP contribution is -2.55. The molecule has 4 aromatic rings. The highest BCUT2D eigenvalue weighted by Gasteiger charge is 2.30. The standard InChI is InChI=1S/C28H28ClN5O3/c1-18-16-30-26-24(18)25(22(17-31-26)20-5-3-2-4-6-20)33-11-13-34(14-12-33)27(35)23(32-28(36)37)15-19-7-9-21(29)10-8-19/h2-10,16-17,23,32H,11-15H2,1H3,(H,30,31)(H,36,37). The van der Waals surface area contributed by atoms with Crippen LogP contribution >= 0.6 is 11.6 Å². The number of aromatic nitrogens is 2. The number of hydrogen-bond donors (Lipinski definition) is 3. The van der Waals surface area contributed by atoms with E-state index in [1.807, 2.05) is 42.7 Å². The first kappa shape index (κ1) is 24.6. The Kier molecular flexibility index (Phi) is 7.01. The summed E-state index contributed by atoms with van der Waals surface area (Å²) < 4.78 is 0. The van der Waals surface area contributed by atoms with Gasteiger partial charge in [0.1, 0.15) is 11.7 Å². The lowest BCUT2D eigenvalue weighted by molar-refractivity contribution is -0.133. The lowest BCUT2D eigenvalue weighted by atomic mass is 10.0. The first-order valence-electron chi connectivity index (χ1n) is 12.2. The predicted octanol–water partition coefficient (Wildman–Crippen LogP) is 4.72. The number of fused-ring (bicyclic) bond motifs is 1. The van der Waals surface area contributed by atoms with Crippen LogP contribution in [0.5, 0.6) is 0 Å². The van der Waals surface area contributed by atoms with Crippen molar-refractivity contribution in [3.8, 4) is 11.1 Å². The summed E-state index contributed by atoms with van der Waals surface area (Å²) >= 11 is 5.97. The summed E-state index contributed by atoms with van der Waals surface area (Å²) in [5.41, 5.74) is 6.01. The van der Waals surface area contributed by atoms with Crippen molar-refractivity contribution < 1.29 is 14.7 Å². The zero-order chi connectivity index (χ0) is 25.9. The van der Waals surface area contributed by atoms with E-state index >= 15 is 0 Å². The molecule has 0 spiro atoms. The number of pyridine rings is 1. The second kappa shape index (κ2) is 10.5. The van der Waals surface area contributed by atoms with Crippen LogP contribution in [0.15, 0.2) is 67.0 Å². The van der Waals surface area contributed by atoms with E-state index in [4.69, 9.17) is 11.6 Å². The van der Waals surface area contributed by atoms with Gasteiger partial charge in [-0.3, -0.25) is 4.79 Å². The van der Waals surface area contributed by atoms with Gasteiger partial charge >= 0.3 is 6.09 Å². The molecule has 5 rings (SSSR count). The summed E-state index contributed by atoms with van der Waals surface area (Å²) in [6, 6.07) is 16.4. The molecule has 1 unspecified atom stereocenters. The van der Waals surface area contributed by atoms with Gasteiger partial charge in [0.25, 0.3) is 0 Å². The van der Waals surface area contributed by atoms with Gasteiger partial charge in [0.15, 0.2) is 0 Å². The van der Waals surface area contributed by atoms with Crippen molar-refractivity contribution >= 4 is 40.3 Å². The number of carbonyl (C=O) groups is 2. The van der Waals surface area contributed by atoms with Crippen LogP contribution in [0.2, 0.25) is 5.02 Å². The van der Waals surface area contributed by atoms with Crippen LogP contribution < -0.4 is 10.2 Å². The molecule has 1 aliphatic heterocycles. The van der Waals surface area contributed by atoms with Gasteiger partial charge in [-0.2, -0.15) is 0 Å². The molecule has 8 nitrogen and oxygen atoms in total. The van der Waals surface area contributed by atoms with Gasteiger partial charge in [0.2, 0.25) is 5.91 Å². The summed E-state index contributed by atoms with van der Waals surface area (Å²) in [5.74, 6) is -0.224. The number of carboxylic acid groups (broad SMARTS) is 1. The highest BCUT2D eigenvalue weighted by Crippen LogP contribution is 2.38. The van der Waals surface area contributed by atoms with Gasteiger partial charge in [0, 0.05) is 61.0 Å². The van der Waals surface area contributed by atoms with E-state index in [0.29, 0.717) is 31.2 Å². The SMILES string of the molecule is Cc1c[nH]c2ncc(-c3ccccc3)c(N3CCN(C(=O)C(Cc4ccc(Cl)cc4)NC(=O)O)CC3)c12. The van der Waals surface area contributed by atoms with Crippen molar-refractivity contribution in [3.05, 3.63) is 83.1 Å². The minimum atomic E-state index is -1.22. The van der Waals surface area contributed by atoms with Crippen LogP contribution in [-0.4, -0.2) is 64.2 Å². The first-order valence-corrected chi connectivity index (χ1v) is 12.6. The topological polar surface area (TPSA) is 102 Å². The first-order chi connectivity index (χ1) is 17.9. The lowest BCUT2D eigenvalue weighted by Gasteiger charge is -2.38. The van der Waals surface area contributed by atoms with Gasteiger partial charge in [-0.1, -0.05) is 54.1 Å². The number of H-pyrrole nitrogens is 1. The van der Waals surface area contributed by atoms with Crippen LogP contribution in [-0.2, 0) is 11.2 Å². The zero-order valence-corrected chi connectivity index (χ0v) is 21.2. The Morgan fingerprint density at radius 2 is 1.78 bits per heavy atom. The minimum Gasteiger partial charge on any atom is -0.465 e. The molecule has 190 valence electrons. The minimum absolute atomic E-state index is 0.224. The maximum absolute atomic E-state index is 13.4. The van der Waals surface area contributed by atoms with Crippen molar-refractivity contribution in [2.75, 3.05) is 31.1 Å². The third kappa shape index (κ3) is 5.24. The summed E-state index contributed by atoms with van der Waals surface area (Å²) in [4.78, 5) is 36.8. The van der Waals surface area contributed by atoms with Gasteiger partial charge in [0.05, 0.1) is 5.69 Å². The molecule has 1 atom stereocenters. The fourth-order valence-corrected chi connectivity index (χ4v) is 5.09. The van der Waals surface area contributed by atoms with Crippen molar-refractivity contribution in [2.45, 2.75) is 19.4 Å². The van der Waals surface area contributed by atoms with E-state index in [1.54, 1.807) is 17.0 Å². The molecule has 3 N–H and O–H groups in total. The predicted molar refractivity (Wildman–Crippen MR) is 145 cm³/mol. The smallest absolute Gasteiger partial charge is 0.405 e. The highest BCUT2D eigenvalue weighted by molar-refractivity contribution is 6.30. The molecule has 37 heavy (non-hydrogen) atoms. The molecular weight excluding hydrogens is 490 g/mol. The van der Waals surface area contributed by atoms with Crippen LogP contribution in [0.25, 0.3) is 22.2 Å². The monoisotopic (exact) mass is 517 g/mol. The number of aryl methyl sites for hydroxylation is 1. The average Bonchev–Trinajstić information content (AvgIpc) is 3.29. The third-order valence-corrected chi connectivity index (χ3v) is 7.06. The maximum Gasteiger partial charge on any atom is 0.405 e. The number of carbonyl (C=O) groups excluding carboxylic acids is 1. The number of hydrogen-bond acceptors (Lipinski definition) is 4. The Morgan fingerprint density at radius 1 is 1.08 bits per heavy atom. The van der Waals surface area contributed by atoms with Gasteiger partial charge in [-0.25, -0.2) is 9.78 Å². The molecule has 0 saturated carbocycles. The van der Waals surface area contributed by atoms with Crippen molar-refractivity contribution in [1.29, 1.82) is 0 Å². The Labute approximate surface area is 219 Å². The van der Waals surface area contributed by atoms with E-state index < -0.39 is 12.1 Å². The third-order valence-electron chi connectivity index (χ3n) is 6.81. The molecule has 2 aromatic heterocycles. The molecule has 9 heteroatoms. The fraction of sp³-hybridized carbons (Fsp3) is 0.250. The Bertz CT molecular complexity index is 1410. The van der Waals surface area contributed by atoms with Crippen LogP contribution in [0.4, 0.5) is 10.5 Å². The molecule has 2 aromatic carbocycles. The molecule has 1 saturated heterocycles. The molecule has 3 heterocycles. The van der Waals surface area contributed by atoms with Crippen LogP contribution in [0, 0.1) is 6.92 Å². The molecule has 0 bridgehead atoms. The normalized spacial score (nSPS) is 14.5. The maximum atomic E-state index is 13.4. The number of aromatic amines is 1. The number of piperazine rings is 1. The summed E-state index contributed by atoms with van der Waals surface area (Å²) in [5, 5.41) is 13.4. The second-order valence-electron chi connectivity index (χ2n) is 9.23. The quantitative estimate of drug-likeness (QED) is 0.343. The van der Waals surface area contributed by atoms with Gasteiger partial charge < -0.3 is 25.2 Å². The highest BCUT2D eigenvalue weighted by atomic mass is 35.5. The van der Waals surface area contributed by atoms with Gasteiger partial charge in [-0.15, -0.1) is 0 Å². The Hall–Kier alpha value is -4.04. The van der Waals surface area contributed by atoms with Crippen molar-refractivity contribution in [1.82, 2.24) is 20.2 Å². The fourth-order valence-electron chi connectivity index (χ4n) is 4.97. The molecule has 0 aliphatic carbocycles. The number of nitrogens with one attached hydrogen (secondary N) is 2. The van der Waals surface area contributed by atoms with E-state index in [1.165, 1.54) is 0 Å². The number of nitrogens with zero attached hydrogens (tertiary/aromatic N) is 3. The van der Waals surface area contributed by atoms with E-state index in [-0.39, 0.29) is 12.3 Å². The zero-order valence-electron chi connectivity index (χ0n) is 20.4.